The summed E-state index contributed by atoms with van der Waals surface area (Å²) in [5.74, 6) is 4.07. The van der Waals surface area contributed by atoms with Gasteiger partial charge in [-0.2, -0.15) is 11.8 Å². The molecule has 0 saturated heterocycles. The Balaban J connectivity index is 2.10. The Hall–Kier alpha value is -1.61. The Kier molecular flexibility index (Phi) is 10.4. The van der Waals surface area contributed by atoms with Crippen LogP contribution in [0, 0.1) is 0 Å². The summed E-state index contributed by atoms with van der Waals surface area (Å²) in [4.78, 5) is 0. The Morgan fingerprint density at radius 1 is 0.513 bits per heavy atom. The number of hydrogen-bond acceptors (Lipinski definition) is 3. The van der Waals surface area contributed by atoms with Gasteiger partial charge < -0.3 is 10.2 Å². The van der Waals surface area contributed by atoms with Gasteiger partial charge >= 0.3 is 0 Å². The number of phenols is 2. The van der Waals surface area contributed by atoms with Crippen molar-refractivity contribution in [1.29, 1.82) is 0 Å². The second-order valence-electron chi connectivity index (χ2n) is 15.9. The molecule has 0 heterocycles. The summed E-state index contributed by atoms with van der Waals surface area (Å²) in [6.07, 6.45) is 2.25. The van der Waals surface area contributed by atoms with Crippen LogP contribution in [-0.4, -0.2) is 21.7 Å². The summed E-state index contributed by atoms with van der Waals surface area (Å²) in [7, 11) is 0. The molecule has 3 heteroatoms. The number of rotatable bonds is 8. The monoisotopic (exact) mass is 554 g/mol. The second kappa shape index (κ2) is 12.1. The average Bonchev–Trinajstić information content (AvgIpc) is 2.75. The van der Waals surface area contributed by atoms with Crippen molar-refractivity contribution < 1.29 is 10.2 Å². The van der Waals surface area contributed by atoms with Crippen LogP contribution in [0.25, 0.3) is 0 Å². The lowest BCUT2D eigenvalue weighted by molar-refractivity contribution is 0.421. The smallest absolute Gasteiger partial charge is 0.123 e. The highest BCUT2D eigenvalue weighted by Crippen LogP contribution is 2.43. The van der Waals surface area contributed by atoms with E-state index >= 15 is 0 Å². The van der Waals surface area contributed by atoms with E-state index in [2.05, 4.69) is 121 Å². The maximum absolute atomic E-state index is 11.1. The van der Waals surface area contributed by atoms with Crippen molar-refractivity contribution in [2.24, 2.45) is 0 Å². The summed E-state index contributed by atoms with van der Waals surface area (Å²) in [6, 6.07) is 8.97. The van der Waals surface area contributed by atoms with Crippen LogP contribution >= 0.6 is 11.8 Å². The minimum Gasteiger partial charge on any atom is -0.507 e. The molecule has 0 spiro atoms. The highest BCUT2D eigenvalue weighted by atomic mass is 32.2. The van der Waals surface area contributed by atoms with E-state index in [9.17, 15) is 10.2 Å². The predicted molar refractivity (Wildman–Crippen MR) is 174 cm³/mol. The Labute approximate surface area is 245 Å². The van der Waals surface area contributed by atoms with Crippen LogP contribution < -0.4 is 0 Å². The number of hydrogen-bond donors (Lipinski definition) is 2. The molecule has 0 radical (unpaired) electrons. The fourth-order valence-electron chi connectivity index (χ4n) is 5.13. The van der Waals surface area contributed by atoms with Crippen LogP contribution in [0.4, 0.5) is 0 Å². The van der Waals surface area contributed by atoms with Gasteiger partial charge in [-0.1, -0.05) is 121 Å². The van der Waals surface area contributed by atoms with Crippen molar-refractivity contribution in [3.8, 4) is 11.5 Å². The first-order valence-corrected chi connectivity index (χ1v) is 16.0. The molecule has 2 nitrogen and oxygen atoms in total. The van der Waals surface area contributed by atoms with Gasteiger partial charge in [-0.3, -0.25) is 0 Å². The van der Waals surface area contributed by atoms with Crippen LogP contribution in [0.5, 0.6) is 11.5 Å². The lowest BCUT2D eigenvalue weighted by Gasteiger charge is -2.29. The van der Waals surface area contributed by atoms with Crippen LogP contribution in [0.3, 0.4) is 0 Å². The summed E-state index contributed by atoms with van der Waals surface area (Å²) in [5.41, 5.74) is 6.49. The minimum absolute atomic E-state index is 0.0986. The third-order valence-electron chi connectivity index (χ3n) is 8.03. The number of phenolic OH excluding ortho intramolecular Hbond substituents is 2. The normalized spacial score (nSPS) is 14.9. The fourth-order valence-corrected chi connectivity index (χ4v) is 6.37. The molecule has 0 aromatic heterocycles. The molecule has 0 amide bonds. The largest absolute Gasteiger partial charge is 0.507 e. The van der Waals surface area contributed by atoms with Gasteiger partial charge in [-0.25, -0.2) is 0 Å². The maximum atomic E-state index is 11.1. The first kappa shape index (κ1) is 33.6. The molecule has 2 rings (SSSR count). The molecule has 0 saturated carbocycles. The first-order valence-electron chi connectivity index (χ1n) is 14.9. The number of thioether (sulfide) groups is 1. The molecule has 2 atom stereocenters. The quantitative estimate of drug-likeness (QED) is 0.319. The molecule has 0 aliphatic carbocycles. The molecule has 0 aliphatic rings. The molecular formula is C36H58O2S. The van der Waals surface area contributed by atoms with E-state index in [-0.39, 0.29) is 21.7 Å². The zero-order chi connectivity index (χ0) is 30.1. The van der Waals surface area contributed by atoms with Crippen LogP contribution in [-0.2, 0) is 21.7 Å². The molecular weight excluding hydrogens is 496 g/mol. The summed E-state index contributed by atoms with van der Waals surface area (Å²) in [5, 5.41) is 22.2. The van der Waals surface area contributed by atoms with Gasteiger partial charge in [0, 0.05) is 0 Å². The second-order valence-corrected chi connectivity index (χ2v) is 17.1. The Morgan fingerprint density at radius 3 is 0.949 bits per heavy atom. The molecule has 0 fully saturated rings. The van der Waals surface area contributed by atoms with Gasteiger partial charge in [-0.15, -0.1) is 0 Å². The van der Waals surface area contributed by atoms with Gasteiger partial charge in [0.15, 0.2) is 0 Å². The molecule has 2 aromatic rings. The van der Waals surface area contributed by atoms with E-state index in [4.69, 9.17) is 0 Å². The van der Waals surface area contributed by atoms with E-state index < -0.39 is 0 Å². The van der Waals surface area contributed by atoms with Gasteiger partial charge in [0.05, 0.1) is 0 Å². The molecule has 39 heavy (non-hydrogen) atoms. The van der Waals surface area contributed by atoms with Crippen molar-refractivity contribution in [1.82, 2.24) is 0 Å². The zero-order valence-electron chi connectivity index (χ0n) is 27.6. The summed E-state index contributed by atoms with van der Waals surface area (Å²) < 4.78 is 0. The van der Waals surface area contributed by atoms with Crippen LogP contribution in [0.2, 0.25) is 0 Å². The summed E-state index contributed by atoms with van der Waals surface area (Å²) in [6.45, 7) is 30.9. The molecule has 2 aromatic carbocycles. The van der Waals surface area contributed by atoms with Crippen LogP contribution in [0.15, 0.2) is 24.3 Å². The molecule has 2 unspecified atom stereocenters. The Bertz CT molecular complexity index is 957. The van der Waals surface area contributed by atoms with Crippen molar-refractivity contribution in [3.05, 3.63) is 57.6 Å². The van der Waals surface area contributed by atoms with Crippen molar-refractivity contribution in [3.63, 3.8) is 0 Å². The topological polar surface area (TPSA) is 40.5 Å². The standard InChI is InChI=1S/C36H58O2S/c1-23(25-19-27(33(3,4)5)31(37)28(20-25)34(6,7)8)15-17-39-18-16-24(2)26-21-29(35(9,10)11)32(38)30(22-26)36(12,13)14/h19-24,37-38H,15-18H2,1-14H3. The van der Waals surface area contributed by atoms with Gasteiger partial charge in [-0.05, 0) is 91.2 Å². The fraction of sp³-hybridized carbons (Fsp3) is 0.667. The van der Waals surface area contributed by atoms with Crippen molar-refractivity contribution in [2.45, 2.75) is 143 Å². The Morgan fingerprint density at radius 2 is 0.744 bits per heavy atom. The average molecular weight is 555 g/mol. The minimum atomic E-state index is -0.0986. The van der Waals surface area contributed by atoms with Gasteiger partial charge in [0.25, 0.3) is 0 Å². The third kappa shape index (κ3) is 8.69. The third-order valence-corrected chi connectivity index (χ3v) is 9.07. The van der Waals surface area contributed by atoms with Crippen molar-refractivity contribution >= 4 is 11.8 Å². The summed E-state index contributed by atoms with van der Waals surface area (Å²) >= 11 is 2.05. The SMILES string of the molecule is CC(CCSCCC(C)c1cc(C(C)(C)C)c(O)c(C(C)(C)C)c1)c1cc(C(C)(C)C)c(O)c(C(C)(C)C)c1. The van der Waals surface area contributed by atoms with E-state index in [1.807, 2.05) is 11.8 Å². The van der Waals surface area contributed by atoms with Gasteiger partial charge in [0.1, 0.15) is 11.5 Å². The lowest BCUT2D eigenvalue weighted by atomic mass is 9.77. The molecule has 220 valence electrons. The highest BCUT2D eigenvalue weighted by Gasteiger charge is 2.29. The van der Waals surface area contributed by atoms with E-state index in [1.165, 1.54) is 11.1 Å². The molecule has 0 bridgehead atoms. The van der Waals surface area contributed by atoms with E-state index in [1.54, 1.807) is 0 Å². The molecule has 0 aliphatic heterocycles. The first-order chi connectivity index (χ1) is 17.5. The lowest BCUT2D eigenvalue weighted by Crippen LogP contribution is -2.18. The molecule has 2 N–H and O–H groups in total. The van der Waals surface area contributed by atoms with Crippen LogP contribution in [0.1, 0.15) is 155 Å². The predicted octanol–water partition coefficient (Wildman–Crippen LogP) is 10.7. The number of aromatic hydroxyl groups is 2. The zero-order valence-corrected chi connectivity index (χ0v) is 28.4. The van der Waals surface area contributed by atoms with E-state index in [0.29, 0.717) is 23.3 Å². The number of benzene rings is 2. The highest BCUT2D eigenvalue weighted by molar-refractivity contribution is 7.99. The van der Waals surface area contributed by atoms with E-state index in [0.717, 1.165) is 46.6 Å². The van der Waals surface area contributed by atoms with Crippen molar-refractivity contribution in [2.75, 3.05) is 11.5 Å². The van der Waals surface area contributed by atoms with Gasteiger partial charge in [0.2, 0.25) is 0 Å². The maximum Gasteiger partial charge on any atom is 0.123 e.